The Morgan fingerprint density at radius 1 is 0.828 bits per heavy atom. The molecule has 2 N–H and O–H groups in total. The first kappa shape index (κ1) is 16.1. The third kappa shape index (κ3) is 2.61. The number of nitrogens with one attached hydrogen (secondary N) is 2. The number of pyridine rings is 3. The number of hydrogen-bond donors (Lipinski definition) is 2. The summed E-state index contributed by atoms with van der Waals surface area (Å²) in [7, 11) is 0. The van der Waals surface area contributed by atoms with Gasteiger partial charge in [0.15, 0.2) is 11.5 Å². The Morgan fingerprint density at radius 2 is 1.79 bits per heavy atom. The minimum Gasteiger partial charge on any atom is -0.336 e. The van der Waals surface area contributed by atoms with Crippen LogP contribution in [0.25, 0.3) is 56.1 Å². The Labute approximate surface area is 168 Å². The Balaban J connectivity index is 1.53. The molecule has 7 nitrogen and oxygen atoms in total. The summed E-state index contributed by atoms with van der Waals surface area (Å²) < 4.78 is 0. The van der Waals surface area contributed by atoms with Crippen molar-refractivity contribution in [2.45, 2.75) is 0 Å². The van der Waals surface area contributed by atoms with Crippen LogP contribution in [0.4, 0.5) is 0 Å². The van der Waals surface area contributed by atoms with Gasteiger partial charge in [0.05, 0.1) is 22.4 Å². The second-order valence-corrected chi connectivity index (χ2v) is 7.34. The molecule has 6 heterocycles. The lowest BCUT2D eigenvalue weighted by Crippen LogP contribution is -1.87. The summed E-state index contributed by atoms with van der Waals surface area (Å²) >= 11 is 1.64. The first-order chi connectivity index (χ1) is 14.4. The van der Waals surface area contributed by atoms with E-state index in [0.717, 1.165) is 44.6 Å². The molecule has 0 saturated carbocycles. The van der Waals surface area contributed by atoms with Crippen molar-refractivity contribution in [2.75, 3.05) is 0 Å². The van der Waals surface area contributed by atoms with Crippen LogP contribution in [0.3, 0.4) is 0 Å². The zero-order chi connectivity index (χ0) is 19.2. The fourth-order valence-electron chi connectivity index (χ4n) is 3.40. The molecule has 0 aliphatic rings. The number of fused-ring (bicyclic) bond motifs is 2. The van der Waals surface area contributed by atoms with Crippen LogP contribution in [-0.4, -0.2) is 35.1 Å². The Kier molecular flexibility index (Phi) is 3.50. The Morgan fingerprint density at radius 3 is 2.66 bits per heavy atom. The van der Waals surface area contributed by atoms with E-state index in [1.165, 1.54) is 0 Å². The molecule has 6 aromatic rings. The second kappa shape index (κ2) is 6.32. The van der Waals surface area contributed by atoms with Crippen molar-refractivity contribution in [1.29, 1.82) is 0 Å². The summed E-state index contributed by atoms with van der Waals surface area (Å²) in [6.45, 7) is 0. The molecule has 0 fully saturated rings. The van der Waals surface area contributed by atoms with Crippen LogP contribution in [0, 0.1) is 0 Å². The lowest BCUT2D eigenvalue weighted by atomic mass is 10.2. The summed E-state index contributed by atoms with van der Waals surface area (Å²) in [6, 6.07) is 11.8. The summed E-state index contributed by atoms with van der Waals surface area (Å²) in [5.74, 6) is 0.659. The summed E-state index contributed by atoms with van der Waals surface area (Å²) in [5.41, 5.74) is 7.73. The summed E-state index contributed by atoms with van der Waals surface area (Å²) in [6.07, 6.45) is 5.34. The molecular formula is C21H13N7S. The molecule has 0 aliphatic carbocycles. The van der Waals surface area contributed by atoms with Crippen LogP contribution in [0.1, 0.15) is 0 Å². The van der Waals surface area contributed by atoms with Gasteiger partial charge in [-0.15, -0.1) is 0 Å². The molecule has 0 unspecified atom stereocenters. The van der Waals surface area contributed by atoms with Crippen molar-refractivity contribution in [1.82, 2.24) is 35.1 Å². The first-order valence-electron chi connectivity index (χ1n) is 9.00. The smallest absolute Gasteiger partial charge is 0.161 e. The zero-order valence-corrected chi connectivity index (χ0v) is 15.8. The zero-order valence-electron chi connectivity index (χ0n) is 15.0. The number of thiophene rings is 1. The number of rotatable bonds is 3. The van der Waals surface area contributed by atoms with Crippen molar-refractivity contribution >= 4 is 33.4 Å². The van der Waals surface area contributed by atoms with Gasteiger partial charge in [0.2, 0.25) is 0 Å². The Bertz CT molecular complexity index is 1450. The molecule has 6 aromatic heterocycles. The van der Waals surface area contributed by atoms with Gasteiger partial charge in [-0.3, -0.25) is 15.1 Å². The third-order valence-corrected chi connectivity index (χ3v) is 5.47. The van der Waals surface area contributed by atoms with Gasteiger partial charge < -0.3 is 4.98 Å². The molecule has 138 valence electrons. The minimum atomic E-state index is 0.659. The average Bonchev–Trinajstić information content (AvgIpc) is 3.52. The number of H-pyrrole nitrogens is 2. The van der Waals surface area contributed by atoms with Crippen LogP contribution < -0.4 is 0 Å². The lowest BCUT2D eigenvalue weighted by Gasteiger charge is -2.00. The highest BCUT2D eigenvalue weighted by atomic mass is 32.1. The van der Waals surface area contributed by atoms with Gasteiger partial charge >= 0.3 is 0 Å². The number of hydrogen-bond acceptors (Lipinski definition) is 6. The molecule has 0 radical (unpaired) electrons. The second-order valence-electron chi connectivity index (χ2n) is 6.56. The number of aromatic nitrogens is 7. The highest BCUT2D eigenvalue weighted by Gasteiger charge is 2.17. The molecule has 29 heavy (non-hydrogen) atoms. The first-order valence-corrected chi connectivity index (χ1v) is 9.94. The fourth-order valence-corrected chi connectivity index (χ4v) is 4.04. The predicted octanol–water partition coefficient (Wildman–Crippen LogP) is 4.69. The van der Waals surface area contributed by atoms with E-state index in [1.807, 2.05) is 41.8 Å². The Hall–Kier alpha value is -3.91. The molecule has 0 saturated heterocycles. The van der Waals surface area contributed by atoms with Gasteiger partial charge in [0, 0.05) is 35.1 Å². The van der Waals surface area contributed by atoms with Crippen molar-refractivity contribution < 1.29 is 0 Å². The van der Waals surface area contributed by atoms with E-state index >= 15 is 0 Å². The van der Waals surface area contributed by atoms with E-state index < -0.39 is 0 Å². The SMILES string of the molecule is c1cncc(-c2ccc3[nH]nc(-c4nc5c(-c6ccsc6)nccc5[nH]4)c3n2)c1. The highest BCUT2D eigenvalue weighted by molar-refractivity contribution is 7.08. The van der Waals surface area contributed by atoms with Crippen molar-refractivity contribution in [3.63, 3.8) is 0 Å². The standard InChI is InChI=1S/C21H13N7S/c1-2-12(10-22-7-1)14-3-4-16-19(24-14)20(28-27-16)21-25-15-5-8-23-17(18(15)26-21)13-6-9-29-11-13/h1-11H,(H,25,26)(H,27,28). The van der Waals surface area contributed by atoms with E-state index in [1.54, 1.807) is 29.9 Å². The van der Waals surface area contributed by atoms with E-state index in [2.05, 4.69) is 30.5 Å². The average molecular weight is 395 g/mol. The van der Waals surface area contributed by atoms with Gasteiger partial charge in [-0.2, -0.15) is 16.4 Å². The van der Waals surface area contributed by atoms with Crippen molar-refractivity contribution in [2.24, 2.45) is 0 Å². The van der Waals surface area contributed by atoms with E-state index in [4.69, 9.17) is 9.97 Å². The number of nitrogens with zero attached hydrogens (tertiary/aromatic N) is 5. The molecule has 0 amide bonds. The molecule has 0 aliphatic heterocycles. The lowest BCUT2D eigenvalue weighted by molar-refractivity contribution is 1.10. The van der Waals surface area contributed by atoms with Crippen LogP contribution >= 0.6 is 11.3 Å². The maximum atomic E-state index is 4.82. The van der Waals surface area contributed by atoms with Gasteiger partial charge in [-0.25, -0.2) is 9.97 Å². The third-order valence-electron chi connectivity index (χ3n) is 4.78. The van der Waals surface area contributed by atoms with Crippen molar-refractivity contribution in [3.05, 3.63) is 65.7 Å². The van der Waals surface area contributed by atoms with Crippen LogP contribution in [-0.2, 0) is 0 Å². The van der Waals surface area contributed by atoms with Crippen molar-refractivity contribution in [3.8, 4) is 34.0 Å². The van der Waals surface area contributed by atoms with Gasteiger partial charge in [-0.05, 0) is 41.8 Å². The molecule has 0 bridgehead atoms. The van der Waals surface area contributed by atoms with Gasteiger partial charge in [-0.1, -0.05) is 0 Å². The maximum Gasteiger partial charge on any atom is 0.161 e. The topological polar surface area (TPSA) is 96.0 Å². The number of imidazole rings is 1. The van der Waals surface area contributed by atoms with Crippen LogP contribution in [0.2, 0.25) is 0 Å². The van der Waals surface area contributed by atoms with Crippen LogP contribution in [0.5, 0.6) is 0 Å². The predicted molar refractivity (Wildman–Crippen MR) is 113 cm³/mol. The quantitative estimate of drug-likeness (QED) is 0.453. The molecular weight excluding hydrogens is 382 g/mol. The molecule has 8 heteroatoms. The maximum absolute atomic E-state index is 4.82. The number of aromatic amines is 2. The largest absolute Gasteiger partial charge is 0.336 e. The molecule has 0 aromatic carbocycles. The van der Waals surface area contributed by atoms with Gasteiger partial charge in [0.25, 0.3) is 0 Å². The molecule has 6 rings (SSSR count). The fraction of sp³-hybridized carbons (Fsp3) is 0. The van der Waals surface area contributed by atoms with Gasteiger partial charge in [0.1, 0.15) is 11.0 Å². The monoisotopic (exact) mass is 395 g/mol. The minimum absolute atomic E-state index is 0.659. The summed E-state index contributed by atoms with van der Waals surface area (Å²) in [5, 5.41) is 11.6. The van der Waals surface area contributed by atoms with E-state index in [9.17, 15) is 0 Å². The van der Waals surface area contributed by atoms with E-state index in [0.29, 0.717) is 11.5 Å². The summed E-state index contributed by atoms with van der Waals surface area (Å²) in [4.78, 5) is 21.7. The molecule has 0 atom stereocenters. The van der Waals surface area contributed by atoms with Crippen LogP contribution in [0.15, 0.2) is 65.7 Å². The highest BCUT2D eigenvalue weighted by Crippen LogP contribution is 2.31. The normalized spacial score (nSPS) is 11.4. The molecule has 0 spiro atoms. The van der Waals surface area contributed by atoms with E-state index in [-0.39, 0.29) is 0 Å².